The molecule has 0 amide bonds. The third-order valence-corrected chi connectivity index (χ3v) is 6.22. The van der Waals surface area contributed by atoms with Crippen molar-refractivity contribution in [3.63, 3.8) is 0 Å². The molecule has 28 heavy (non-hydrogen) atoms. The van der Waals surface area contributed by atoms with Gasteiger partial charge < -0.3 is 12.4 Å². The van der Waals surface area contributed by atoms with E-state index in [1.54, 1.807) is 0 Å². The molecule has 1 aromatic heterocycles. The molecule has 0 bridgehead atoms. The Morgan fingerprint density at radius 2 is 1.21 bits per heavy atom. The Balaban J connectivity index is 0.00000225. The molecule has 0 aliphatic carbocycles. The lowest BCUT2D eigenvalue weighted by Crippen LogP contribution is -3.00. The molecule has 144 valence electrons. The van der Waals surface area contributed by atoms with Crippen molar-refractivity contribution >= 4 is 11.0 Å². The quantitative estimate of drug-likeness (QED) is 0.475. The fourth-order valence-electron chi connectivity index (χ4n) is 4.08. The minimum atomic E-state index is 0. The standard InChI is InChI=1S/C25H27N2.ClH/c1-17-18(2)20(4)23(21(5)19(17)3)15-26-16-27(22-11-7-6-8-12-22)25-14-10-9-13-24(25)26;/h6-14,16H,15H2,1-5H3;1H/q+1;/p-1. The first kappa shape index (κ1) is 20.2. The Bertz CT molecular complexity index is 1110. The van der Waals surface area contributed by atoms with Crippen LogP contribution in [0, 0.1) is 34.6 Å². The summed E-state index contributed by atoms with van der Waals surface area (Å²) in [5.74, 6) is 0. The summed E-state index contributed by atoms with van der Waals surface area (Å²) in [6.45, 7) is 12.2. The maximum absolute atomic E-state index is 2.38. The topological polar surface area (TPSA) is 8.81 Å². The van der Waals surface area contributed by atoms with Crippen molar-refractivity contribution in [2.24, 2.45) is 0 Å². The van der Waals surface area contributed by atoms with Gasteiger partial charge in [0.25, 0.3) is 0 Å². The van der Waals surface area contributed by atoms with Gasteiger partial charge in [-0.1, -0.05) is 30.3 Å². The van der Waals surface area contributed by atoms with Crippen molar-refractivity contribution in [3.8, 4) is 5.69 Å². The highest BCUT2D eigenvalue weighted by molar-refractivity contribution is 5.74. The highest BCUT2D eigenvalue weighted by atomic mass is 35.5. The van der Waals surface area contributed by atoms with Crippen molar-refractivity contribution in [2.45, 2.75) is 41.2 Å². The molecule has 4 rings (SSSR count). The Hall–Kier alpha value is -2.58. The monoisotopic (exact) mass is 390 g/mol. The minimum Gasteiger partial charge on any atom is -1.00 e. The number of hydrogen-bond donors (Lipinski definition) is 0. The zero-order valence-corrected chi connectivity index (χ0v) is 18.0. The fraction of sp³-hybridized carbons (Fsp3) is 0.240. The molecule has 0 radical (unpaired) electrons. The molecule has 0 unspecified atom stereocenters. The molecular formula is C25H27ClN2. The molecule has 3 aromatic carbocycles. The van der Waals surface area contributed by atoms with E-state index in [4.69, 9.17) is 0 Å². The number of aromatic nitrogens is 2. The number of imidazole rings is 1. The van der Waals surface area contributed by atoms with E-state index in [1.165, 1.54) is 50.1 Å². The molecule has 0 saturated carbocycles. The van der Waals surface area contributed by atoms with Crippen LogP contribution in [0.1, 0.15) is 33.4 Å². The Morgan fingerprint density at radius 1 is 0.679 bits per heavy atom. The number of fused-ring (bicyclic) bond motifs is 1. The first-order valence-electron chi connectivity index (χ1n) is 9.60. The third kappa shape index (κ3) is 3.22. The van der Waals surface area contributed by atoms with E-state index in [1.807, 2.05) is 0 Å². The molecule has 1 heterocycles. The molecule has 4 aromatic rings. The fourth-order valence-corrected chi connectivity index (χ4v) is 4.08. The van der Waals surface area contributed by atoms with Crippen molar-refractivity contribution in [3.05, 3.63) is 94.3 Å². The first-order valence-corrected chi connectivity index (χ1v) is 9.60. The predicted molar refractivity (Wildman–Crippen MR) is 113 cm³/mol. The average molecular weight is 391 g/mol. The van der Waals surface area contributed by atoms with Crippen LogP contribution >= 0.6 is 0 Å². The van der Waals surface area contributed by atoms with E-state index in [-0.39, 0.29) is 12.4 Å². The van der Waals surface area contributed by atoms with Gasteiger partial charge in [0.05, 0.1) is 0 Å². The molecule has 0 atom stereocenters. The number of nitrogens with zero attached hydrogens (tertiary/aromatic N) is 2. The van der Waals surface area contributed by atoms with Gasteiger partial charge in [-0.25, -0.2) is 4.57 Å². The molecular weight excluding hydrogens is 364 g/mol. The van der Waals surface area contributed by atoms with E-state index >= 15 is 0 Å². The van der Waals surface area contributed by atoms with Crippen molar-refractivity contribution < 1.29 is 17.0 Å². The maximum Gasteiger partial charge on any atom is 0.250 e. The van der Waals surface area contributed by atoms with Crippen molar-refractivity contribution in [1.29, 1.82) is 0 Å². The van der Waals surface area contributed by atoms with E-state index in [2.05, 4.69) is 105 Å². The van der Waals surface area contributed by atoms with Crippen molar-refractivity contribution in [1.82, 2.24) is 4.57 Å². The zero-order chi connectivity index (χ0) is 19.1. The smallest absolute Gasteiger partial charge is 0.250 e. The molecule has 0 aliphatic heterocycles. The summed E-state index contributed by atoms with van der Waals surface area (Å²) in [6.07, 6.45) is 2.24. The molecule has 0 spiro atoms. The summed E-state index contributed by atoms with van der Waals surface area (Å²) in [6, 6.07) is 19.2. The predicted octanol–water partition coefficient (Wildman–Crippen LogP) is 2.51. The average Bonchev–Trinajstić information content (AvgIpc) is 3.07. The van der Waals surface area contributed by atoms with Gasteiger partial charge >= 0.3 is 0 Å². The van der Waals surface area contributed by atoms with Crippen LogP contribution in [-0.2, 0) is 6.54 Å². The molecule has 2 nitrogen and oxygen atoms in total. The van der Waals surface area contributed by atoms with Gasteiger partial charge in [0, 0.05) is 0 Å². The van der Waals surface area contributed by atoms with E-state index in [0.29, 0.717) is 0 Å². The van der Waals surface area contributed by atoms with Crippen LogP contribution < -0.4 is 17.0 Å². The van der Waals surface area contributed by atoms with Gasteiger partial charge in [0.2, 0.25) is 6.33 Å². The van der Waals surface area contributed by atoms with Crippen LogP contribution in [0.15, 0.2) is 60.9 Å². The number of benzene rings is 3. The van der Waals surface area contributed by atoms with Crippen LogP contribution in [0.3, 0.4) is 0 Å². The minimum absolute atomic E-state index is 0. The highest BCUT2D eigenvalue weighted by Crippen LogP contribution is 2.26. The highest BCUT2D eigenvalue weighted by Gasteiger charge is 2.20. The second kappa shape index (κ2) is 7.81. The SMILES string of the molecule is Cc1c(C)c(C)c(C[n+]2cn(-c3ccccc3)c3ccccc32)c(C)c1C.[Cl-]. The molecule has 0 aliphatic rings. The third-order valence-electron chi connectivity index (χ3n) is 6.22. The van der Waals surface area contributed by atoms with Gasteiger partial charge in [-0.15, -0.1) is 0 Å². The van der Waals surface area contributed by atoms with Crippen LogP contribution in [0.5, 0.6) is 0 Å². The molecule has 3 heteroatoms. The Kier molecular flexibility index (Phi) is 5.62. The van der Waals surface area contributed by atoms with Crippen LogP contribution in [0.25, 0.3) is 16.7 Å². The van der Waals surface area contributed by atoms with Crippen LogP contribution in [0.4, 0.5) is 0 Å². The summed E-state index contributed by atoms with van der Waals surface area (Å²) >= 11 is 0. The van der Waals surface area contributed by atoms with Gasteiger partial charge in [-0.2, -0.15) is 4.57 Å². The number of hydrogen-bond acceptors (Lipinski definition) is 0. The number of rotatable bonds is 3. The summed E-state index contributed by atoms with van der Waals surface area (Å²) in [4.78, 5) is 0. The first-order chi connectivity index (χ1) is 13.0. The largest absolute Gasteiger partial charge is 1.00 e. The number of para-hydroxylation sites is 3. The molecule has 0 N–H and O–H groups in total. The lowest BCUT2D eigenvalue weighted by Gasteiger charge is -2.17. The maximum atomic E-state index is 2.38. The summed E-state index contributed by atoms with van der Waals surface area (Å²) < 4.78 is 4.67. The normalized spacial score (nSPS) is 10.9. The summed E-state index contributed by atoms with van der Waals surface area (Å²) in [5.41, 5.74) is 12.2. The van der Waals surface area contributed by atoms with Crippen LogP contribution in [0.2, 0.25) is 0 Å². The lowest BCUT2D eigenvalue weighted by molar-refractivity contribution is -0.663. The van der Waals surface area contributed by atoms with Crippen LogP contribution in [-0.4, -0.2) is 4.57 Å². The Morgan fingerprint density at radius 3 is 1.86 bits per heavy atom. The molecule has 0 fully saturated rings. The Labute approximate surface area is 173 Å². The van der Waals surface area contributed by atoms with Crippen molar-refractivity contribution in [2.75, 3.05) is 0 Å². The van der Waals surface area contributed by atoms with Gasteiger partial charge in [0.1, 0.15) is 12.2 Å². The second-order valence-electron chi connectivity index (χ2n) is 7.54. The zero-order valence-electron chi connectivity index (χ0n) is 17.3. The van der Waals surface area contributed by atoms with Gasteiger partial charge in [-0.3, -0.25) is 0 Å². The summed E-state index contributed by atoms with van der Waals surface area (Å²) in [7, 11) is 0. The van der Waals surface area contributed by atoms with E-state index in [9.17, 15) is 0 Å². The lowest BCUT2D eigenvalue weighted by atomic mass is 9.89. The summed E-state index contributed by atoms with van der Waals surface area (Å²) in [5, 5.41) is 0. The van der Waals surface area contributed by atoms with E-state index in [0.717, 1.165) is 6.54 Å². The van der Waals surface area contributed by atoms with Gasteiger partial charge in [0.15, 0.2) is 11.0 Å². The number of halogens is 1. The van der Waals surface area contributed by atoms with Gasteiger partial charge in [-0.05, 0) is 92.3 Å². The molecule has 0 saturated heterocycles. The van der Waals surface area contributed by atoms with E-state index < -0.39 is 0 Å². The second-order valence-corrected chi connectivity index (χ2v) is 7.54.